The van der Waals surface area contributed by atoms with Crippen molar-refractivity contribution in [3.63, 3.8) is 0 Å². The molecule has 5 nitrogen and oxygen atoms in total. The Hall–Kier alpha value is -3.47. The fraction of sp³-hybridized carbons (Fsp3) is 0.424. The lowest BCUT2D eigenvalue weighted by Crippen LogP contribution is -2.56. The summed E-state index contributed by atoms with van der Waals surface area (Å²) < 4.78 is 5.22. The Morgan fingerprint density at radius 2 is 1.68 bits per heavy atom. The van der Waals surface area contributed by atoms with Crippen LogP contribution in [0.5, 0.6) is 0 Å². The second kappa shape index (κ2) is 11.1. The largest absolute Gasteiger partial charge is 0.451 e. The van der Waals surface area contributed by atoms with Crippen LogP contribution in [0, 0.1) is 29.6 Å². The van der Waals surface area contributed by atoms with Gasteiger partial charge in [0.25, 0.3) is 5.91 Å². The van der Waals surface area contributed by atoms with Crippen molar-refractivity contribution in [2.24, 2.45) is 29.6 Å². The number of hydrogen-bond acceptors (Lipinski definition) is 4. The molecule has 3 aromatic carbocycles. The summed E-state index contributed by atoms with van der Waals surface area (Å²) in [6.07, 6.45) is 2.56. The maximum Gasteiger partial charge on any atom is 0.314 e. The van der Waals surface area contributed by atoms with Crippen molar-refractivity contribution in [2.75, 3.05) is 0 Å². The predicted molar refractivity (Wildman–Crippen MR) is 149 cm³/mol. The monoisotopic (exact) mass is 511 g/mol. The van der Waals surface area contributed by atoms with Crippen LogP contribution in [0.3, 0.4) is 0 Å². The molecule has 0 bridgehead atoms. The normalized spacial score (nSPS) is 24.6. The molecule has 7 atom stereocenters. The third-order valence-corrected chi connectivity index (χ3v) is 8.79. The SMILES string of the molecule is CCC(C)[C@@H]1C(=O)O[C@H]1C(=O)N[C@H]1C[C@H]1[C@@H](C)[C@@H](CCc1ccccc1)C(=O)c1ccc2ccccc2c1. The molecule has 3 aromatic rings. The number of Topliss-reactive ketones (excluding diaryl/α,β-unsaturated/α-hetero) is 1. The van der Waals surface area contributed by atoms with Crippen LogP contribution in [-0.4, -0.2) is 29.8 Å². The van der Waals surface area contributed by atoms with Crippen molar-refractivity contribution in [3.05, 3.63) is 83.9 Å². The number of hydrogen-bond donors (Lipinski definition) is 1. The number of amides is 1. The molecule has 198 valence electrons. The second-order valence-corrected chi connectivity index (χ2v) is 11.2. The first-order valence-electron chi connectivity index (χ1n) is 13.9. The lowest BCUT2D eigenvalue weighted by Gasteiger charge is -2.37. The summed E-state index contributed by atoms with van der Waals surface area (Å²) in [7, 11) is 0. The molecule has 0 radical (unpaired) electrons. The number of ketones is 1. The summed E-state index contributed by atoms with van der Waals surface area (Å²) in [5.74, 6) is -0.373. The molecule has 1 heterocycles. The van der Waals surface area contributed by atoms with Crippen molar-refractivity contribution < 1.29 is 19.1 Å². The molecule has 5 rings (SSSR count). The average molecular weight is 512 g/mol. The Bertz CT molecular complexity index is 1320. The van der Waals surface area contributed by atoms with Crippen molar-refractivity contribution in [3.8, 4) is 0 Å². The van der Waals surface area contributed by atoms with E-state index in [4.69, 9.17) is 4.74 Å². The molecule has 1 saturated carbocycles. The van der Waals surface area contributed by atoms with E-state index in [1.54, 1.807) is 0 Å². The first kappa shape index (κ1) is 26.1. The highest BCUT2D eigenvalue weighted by molar-refractivity contribution is 6.01. The van der Waals surface area contributed by atoms with Crippen LogP contribution in [0.4, 0.5) is 0 Å². The summed E-state index contributed by atoms with van der Waals surface area (Å²) in [5.41, 5.74) is 1.96. The van der Waals surface area contributed by atoms with E-state index in [0.717, 1.165) is 42.0 Å². The number of cyclic esters (lactones) is 1. The van der Waals surface area contributed by atoms with E-state index >= 15 is 0 Å². The van der Waals surface area contributed by atoms with Crippen LogP contribution in [-0.2, 0) is 20.7 Å². The van der Waals surface area contributed by atoms with Crippen molar-refractivity contribution in [2.45, 2.75) is 58.6 Å². The summed E-state index contributed by atoms with van der Waals surface area (Å²) in [4.78, 5) is 38.8. The van der Waals surface area contributed by atoms with E-state index in [2.05, 4.69) is 30.4 Å². The molecule has 2 aliphatic rings. The van der Waals surface area contributed by atoms with Crippen LogP contribution in [0.2, 0.25) is 0 Å². The van der Waals surface area contributed by atoms with Crippen LogP contribution >= 0.6 is 0 Å². The number of ether oxygens (including phenoxy) is 1. The summed E-state index contributed by atoms with van der Waals surface area (Å²) in [5, 5.41) is 5.31. The van der Waals surface area contributed by atoms with Crippen LogP contribution in [0.15, 0.2) is 72.8 Å². The Labute approximate surface area is 225 Å². The predicted octanol–water partition coefficient (Wildman–Crippen LogP) is 6.00. The number of fused-ring (bicyclic) bond motifs is 1. The smallest absolute Gasteiger partial charge is 0.314 e. The van der Waals surface area contributed by atoms with E-state index in [-0.39, 0.29) is 53.3 Å². The quantitative estimate of drug-likeness (QED) is 0.253. The maximum atomic E-state index is 13.9. The van der Waals surface area contributed by atoms with Gasteiger partial charge < -0.3 is 10.1 Å². The molecule has 1 unspecified atom stereocenters. The van der Waals surface area contributed by atoms with Gasteiger partial charge in [0.2, 0.25) is 0 Å². The Kier molecular flexibility index (Phi) is 7.64. The van der Waals surface area contributed by atoms with Crippen LogP contribution in [0.1, 0.15) is 56.0 Å². The highest BCUT2D eigenvalue weighted by Gasteiger charge is 2.52. The standard InChI is InChI=1S/C33H37NO4/c1-4-20(2)29-31(38-33(29)37)32(36)34-28-19-27(28)21(3)26(17-14-22-10-6-5-7-11-22)30(35)25-16-15-23-12-8-9-13-24(23)18-25/h5-13,15-16,18,20-21,26-29,31H,4,14,17,19H2,1-3H3,(H,34,36)/t20?,21-,26+,27-,28-,29-,31+/m0/s1. The highest BCUT2D eigenvalue weighted by atomic mass is 16.6. The number of benzene rings is 3. The number of esters is 1. The molecule has 1 aliphatic carbocycles. The van der Waals surface area contributed by atoms with E-state index in [1.807, 2.05) is 68.4 Å². The Morgan fingerprint density at radius 3 is 2.39 bits per heavy atom. The van der Waals surface area contributed by atoms with Crippen molar-refractivity contribution in [1.29, 1.82) is 0 Å². The molecule has 5 heteroatoms. The molecule has 1 aliphatic heterocycles. The van der Waals surface area contributed by atoms with Crippen LogP contribution < -0.4 is 5.32 Å². The van der Waals surface area contributed by atoms with Gasteiger partial charge in [-0.3, -0.25) is 14.4 Å². The minimum Gasteiger partial charge on any atom is -0.451 e. The van der Waals surface area contributed by atoms with E-state index < -0.39 is 6.10 Å². The molecule has 2 fully saturated rings. The van der Waals surface area contributed by atoms with Gasteiger partial charge in [0, 0.05) is 17.5 Å². The highest BCUT2D eigenvalue weighted by Crippen LogP contribution is 2.44. The third-order valence-electron chi connectivity index (χ3n) is 8.79. The molecule has 1 N–H and O–H groups in total. The first-order valence-corrected chi connectivity index (χ1v) is 13.9. The van der Waals surface area contributed by atoms with Gasteiger partial charge in [-0.1, -0.05) is 93.9 Å². The molecule has 0 aromatic heterocycles. The second-order valence-electron chi connectivity index (χ2n) is 11.2. The van der Waals surface area contributed by atoms with Crippen molar-refractivity contribution in [1.82, 2.24) is 5.32 Å². The van der Waals surface area contributed by atoms with Gasteiger partial charge in [0.05, 0.1) is 0 Å². The van der Waals surface area contributed by atoms with E-state index in [9.17, 15) is 14.4 Å². The number of carbonyl (C=O) groups excluding carboxylic acids is 3. The number of aryl methyl sites for hydroxylation is 1. The molecule has 1 amide bonds. The Balaban J connectivity index is 1.29. The van der Waals surface area contributed by atoms with Gasteiger partial charge in [-0.25, -0.2) is 0 Å². The van der Waals surface area contributed by atoms with Gasteiger partial charge in [-0.2, -0.15) is 0 Å². The van der Waals surface area contributed by atoms with Crippen molar-refractivity contribution >= 4 is 28.4 Å². The molecular formula is C33H37NO4. The van der Waals surface area contributed by atoms with Gasteiger partial charge in [-0.15, -0.1) is 0 Å². The molecule has 38 heavy (non-hydrogen) atoms. The minimum atomic E-state index is -0.692. The van der Waals surface area contributed by atoms with Gasteiger partial charge in [0.15, 0.2) is 11.9 Å². The lowest BCUT2D eigenvalue weighted by molar-refractivity contribution is -0.193. The fourth-order valence-corrected chi connectivity index (χ4v) is 6.01. The minimum absolute atomic E-state index is 0.0120. The number of nitrogens with one attached hydrogen (secondary N) is 1. The first-order chi connectivity index (χ1) is 18.4. The average Bonchev–Trinajstić information content (AvgIpc) is 3.70. The summed E-state index contributed by atoms with van der Waals surface area (Å²) >= 11 is 0. The molecule has 0 spiro atoms. The zero-order chi connectivity index (χ0) is 26.8. The maximum absolute atomic E-state index is 13.9. The Morgan fingerprint density at radius 1 is 0.974 bits per heavy atom. The number of carbonyl (C=O) groups is 3. The van der Waals surface area contributed by atoms with E-state index in [1.165, 1.54) is 5.56 Å². The zero-order valence-electron chi connectivity index (χ0n) is 22.4. The fourth-order valence-electron chi connectivity index (χ4n) is 6.01. The number of rotatable bonds is 11. The van der Waals surface area contributed by atoms with Gasteiger partial charge >= 0.3 is 5.97 Å². The molecule has 1 saturated heterocycles. The van der Waals surface area contributed by atoms with Crippen LogP contribution in [0.25, 0.3) is 10.8 Å². The molecular weight excluding hydrogens is 474 g/mol. The summed E-state index contributed by atoms with van der Waals surface area (Å²) in [6.45, 7) is 6.16. The van der Waals surface area contributed by atoms with E-state index in [0.29, 0.717) is 0 Å². The third kappa shape index (κ3) is 5.38. The summed E-state index contributed by atoms with van der Waals surface area (Å²) in [6, 6.07) is 24.4. The topological polar surface area (TPSA) is 72.5 Å². The van der Waals surface area contributed by atoms with Gasteiger partial charge in [-0.05, 0) is 59.4 Å². The zero-order valence-corrected chi connectivity index (χ0v) is 22.4. The van der Waals surface area contributed by atoms with Gasteiger partial charge in [0.1, 0.15) is 5.92 Å². The lowest BCUT2D eigenvalue weighted by atomic mass is 9.79.